The highest BCUT2D eigenvalue weighted by atomic mass is 35.5. The first-order valence-corrected chi connectivity index (χ1v) is 8.48. The zero-order chi connectivity index (χ0) is 17.5. The van der Waals surface area contributed by atoms with Crippen LogP contribution in [0, 0.1) is 0 Å². The SMILES string of the molecule is O=C(NCCCNc1ccccc1)c1cc(-c2cccc(Cl)c2)n[nH]1. The fourth-order valence-corrected chi connectivity index (χ4v) is 2.60. The van der Waals surface area contributed by atoms with Gasteiger partial charge >= 0.3 is 0 Å². The van der Waals surface area contributed by atoms with Crippen LogP contribution in [0.5, 0.6) is 0 Å². The maximum atomic E-state index is 12.2. The number of halogens is 1. The van der Waals surface area contributed by atoms with Crippen LogP contribution in [-0.2, 0) is 0 Å². The Hall–Kier alpha value is -2.79. The number of nitrogens with zero attached hydrogens (tertiary/aromatic N) is 1. The zero-order valence-electron chi connectivity index (χ0n) is 13.6. The van der Waals surface area contributed by atoms with Gasteiger partial charge < -0.3 is 10.6 Å². The van der Waals surface area contributed by atoms with Gasteiger partial charge in [-0.1, -0.05) is 41.9 Å². The third kappa shape index (κ3) is 4.84. The van der Waals surface area contributed by atoms with Crippen molar-refractivity contribution in [3.63, 3.8) is 0 Å². The fraction of sp³-hybridized carbons (Fsp3) is 0.158. The predicted octanol–water partition coefficient (Wildman–Crippen LogP) is 3.96. The lowest BCUT2D eigenvalue weighted by Gasteiger charge is -2.06. The van der Waals surface area contributed by atoms with E-state index >= 15 is 0 Å². The Morgan fingerprint density at radius 1 is 1.04 bits per heavy atom. The summed E-state index contributed by atoms with van der Waals surface area (Å²) in [6, 6.07) is 19.1. The van der Waals surface area contributed by atoms with Crippen LogP contribution in [0.1, 0.15) is 16.9 Å². The highest BCUT2D eigenvalue weighted by Crippen LogP contribution is 2.21. The molecule has 3 N–H and O–H groups in total. The van der Waals surface area contributed by atoms with Crippen LogP contribution in [0.3, 0.4) is 0 Å². The summed E-state index contributed by atoms with van der Waals surface area (Å²) in [5.74, 6) is -0.166. The number of anilines is 1. The van der Waals surface area contributed by atoms with Crippen molar-refractivity contribution in [3.8, 4) is 11.3 Å². The van der Waals surface area contributed by atoms with Gasteiger partial charge in [0, 0.05) is 29.4 Å². The number of hydrogen-bond donors (Lipinski definition) is 3. The van der Waals surface area contributed by atoms with E-state index in [9.17, 15) is 4.79 Å². The van der Waals surface area contributed by atoms with E-state index in [1.807, 2.05) is 48.5 Å². The minimum Gasteiger partial charge on any atom is -0.385 e. The molecule has 0 atom stereocenters. The zero-order valence-corrected chi connectivity index (χ0v) is 14.4. The standard InChI is InChI=1S/C19H19ClN4O/c20-15-7-4-6-14(12-15)17-13-18(24-23-17)19(25)22-11-5-10-21-16-8-2-1-3-9-16/h1-4,6-9,12-13,21H,5,10-11H2,(H,22,25)(H,23,24). The van der Waals surface area contributed by atoms with E-state index in [0.717, 1.165) is 24.2 Å². The first-order chi connectivity index (χ1) is 12.2. The van der Waals surface area contributed by atoms with Crippen molar-refractivity contribution in [2.45, 2.75) is 6.42 Å². The van der Waals surface area contributed by atoms with Crippen LogP contribution in [-0.4, -0.2) is 29.2 Å². The number of rotatable bonds is 7. The largest absolute Gasteiger partial charge is 0.385 e. The fourth-order valence-electron chi connectivity index (χ4n) is 2.41. The lowest BCUT2D eigenvalue weighted by molar-refractivity contribution is 0.0948. The molecule has 0 aliphatic carbocycles. The number of aromatic nitrogens is 2. The quantitative estimate of drug-likeness (QED) is 0.562. The molecule has 0 aliphatic rings. The van der Waals surface area contributed by atoms with Crippen LogP contribution >= 0.6 is 11.6 Å². The molecule has 0 radical (unpaired) electrons. The Morgan fingerprint density at radius 3 is 2.68 bits per heavy atom. The number of hydrogen-bond acceptors (Lipinski definition) is 3. The third-order valence-electron chi connectivity index (χ3n) is 3.68. The summed E-state index contributed by atoms with van der Waals surface area (Å²) in [6.45, 7) is 1.38. The van der Waals surface area contributed by atoms with Crippen molar-refractivity contribution < 1.29 is 4.79 Å². The Kier molecular flexibility index (Phi) is 5.69. The van der Waals surface area contributed by atoms with E-state index < -0.39 is 0 Å². The van der Waals surface area contributed by atoms with Gasteiger partial charge in [-0.25, -0.2) is 0 Å². The summed E-state index contributed by atoms with van der Waals surface area (Å²) < 4.78 is 0. The first-order valence-electron chi connectivity index (χ1n) is 8.11. The maximum absolute atomic E-state index is 12.2. The molecule has 2 aromatic carbocycles. The molecule has 1 amide bonds. The van der Waals surface area contributed by atoms with Gasteiger partial charge in [-0.05, 0) is 36.8 Å². The molecule has 3 rings (SSSR count). The summed E-state index contributed by atoms with van der Waals surface area (Å²) in [5.41, 5.74) is 3.08. The number of aromatic amines is 1. The molecule has 6 heteroatoms. The van der Waals surface area contributed by atoms with Crippen LogP contribution in [0.4, 0.5) is 5.69 Å². The van der Waals surface area contributed by atoms with Crippen molar-refractivity contribution in [1.29, 1.82) is 0 Å². The number of nitrogens with one attached hydrogen (secondary N) is 3. The number of benzene rings is 2. The summed E-state index contributed by atoms with van der Waals surface area (Å²) in [6.07, 6.45) is 0.829. The number of para-hydroxylation sites is 1. The predicted molar refractivity (Wildman–Crippen MR) is 101 cm³/mol. The Morgan fingerprint density at radius 2 is 1.88 bits per heavy atom. The van der Waals surface area contributed by atoms with Crippen LogP contribution in [0.25, 0.3) is 11.3 Å². The average Bonchev–Trinajstić information content (AvgIpc) is 3.12. The second-order valence-electron chi connectivity index (χ2n) is 5.58. The molecule has 5 nitrogen and oxygen atoms in total. The van der Waals surface area contributed by atoms with Crippen molar-refractivity contribution in [3.05, 3.63) is 71.4 Å². The monoisotopic (exact) mass is 354 g/mol. The topological polar surface area (TPSA) is 69.8 Å². The average molecular weight is 355 g/mol. The molecule has 1 aromatic heterocycles. The van der Waals surface area contributed by atoms with E-state index in [2.05, 4.69) is 20.8 Å². The minimum absolute atomic E-state index is 0.166. The normalized spacial score (nSPS) is 10.4. The van der Waals surface area contributed by atoms with E-state index in [0.29, 0.717) is 23.0 Å². The highest BCUT2D eigenvalue weighted by Gasteiger charge is 2.10. The molecule has 128 valence electrons. The minimum atomic E-state index is -0.166. The maximum Gasteiger partial charge on any atom is 0.269 e. The lowest BCUT2D eigenvalue weighted by Crippen LogP contribution is -2.26. The van der Waals surface area contributed by atoms with E-state index in [-0.39, 0.29) is 5.91 Å². The van der Waals surface area contributed by atoms with Gasteiger partial charge in [-0.2, -0.15) is 5.10 Å². The molecule has 0 saturated heterocycles. The van der Waals surface area contributed by atoms with Crippen molar-refractivity contribution in [2.24, 2.45) is 0 Å². The second kappa shape index (κ2) is 8.35. The molecule has 1 heterocycles. The van der Waals surface area contributed by atoms with E-state index in [4.69, 9.17) is 11.6 Å². The van der Waals surface area contributed by atoms with Gasteiger partial charge in [-0.15, -0.1) is 0 Å². The summed E-state index contributed by atoms with van der Waals surface area (Å²) in [4.78, 5) is 12.2. The Bertz CT molecular complexity index is 832. The van der Waals surface area contributed by atoms with Gasteiger partial charge in [0.2, 0.25) is 0 Å². The first kappa shape index (κ1) is 17.0. The molecule has 0 saturated carbocycles. The molecule has 0 fully saturated rings. The Labute approximate surface area is 151 Å². The van der Waals surface area contributed by atoms with Gasteiger partial charge in [0.1, 0.15) is 5.69 Å². The third-order valence-corrected chi connectivity index (χ3v) is 3.92. The van der Waals surface area contributed by atoms with Crippen LogP contribution < -0.4 is 10.6 Å². The van der Waals surface area contributed by atoms with E-state index in [1.54, 1.807) is 12.1 Å². The van der Waals surface area contributed by atoms with Gasteiger partial charge in [0.05, 0.1) is 5.69 Å². The van der Waals surface area contributed by atoms with E-state index in [1.165, 1.54) is 0 Å². The van der Waals surface area contributed by atoms with Crippen LogP contribution in [0.15, 0.2) is 60.7 Å². The summed E-state index contributed by atoms with van der Waals surface area (Å²) in [7, 11) is 0. The summed E-state index contributed by atoms with van der Waals surface area (Å²) >= 11 is 5.98. The number of amides is 1. The number of carbonyl (C=O) groups excluding carboxylic acids is 1. The highest BCUT2D eigenvalue weighted by molar-refractivity contribution is 6.30. The molecule has 0 bridgehead atoms. The molecule has 0 aliphatic heterocycles. The second-order valence-corrected chi connectivity index (χ2v) is 6.02. The number of carbonyl (C=O) groups is 1. The van der Waals surface area contributed by atoms with Crippen molar-refractivity contribution in [1.82, 2.24) is 15.5 Å². The van der Waals surface area contributed by atoms with Crippen LogP contribution in [0.2, 0.25) is 5.02 Å². The molecular weight excluding hydrogens is 336 g/mol. The smallest absolute Gasteiger partial charge is 0.269 e. The van der Waals surface area contributed by atoms with Crippen molar-refractivity contribution >= 4 is 23.2 Å². The van der Waals surface area contributed by atoms with Crippen molar-refractivity contribution in [2.75, 3.05) is 18.4 Å². The van der Waals surface area contributed by atoms with Gasteiger partial charge in [-0.3, -0.25) is 9.89 Å². The van der Waals surface area contributed by atoms with Gasteiger partial charge in [0.15, 0.2) is 0 Å². The molecule has 25 heavy (non-hydrogen) atoms. The Balaban J connectivity index is 1.46. The molecule has 0 spiro atoms. The molecule has 0 unspecified atom stereocenters. The number of H-pyrrole nitrogens is 1. The molecule has 3 aromatic rings. The molecular formula is C19H19ClN4O. The summed E-state index contributed by atoms with van der Waals surface area (Å²) in [5, 5.41) is 13.8. The lowest BCUT2D eigenvalue weighted by atomic mass is 10.1. The van der Waals surface area contributed by atoms with Gasteiger partial charge in [0.25, 0.3) is 5.91 Å².